The van der Waals surface area contributed by atoms with Crippen LogP contribution in [0.25, 0.3) is 0 Å². The zero-order valence-corrected chi connectivity index (χ0v) is 12.8. The topological polar surface area (TPSA) is 66.4 Å². The van der Waals surface area contributed by atoms with Crippen LogP contribution in [0.2, 0.25) is 0 Å². The van der Waals surface area contributed by atoms with E-state index in [1.54, 1.807) is 19.9 Å². The molecule has 0 atom stereocenters. The Morgan fingerprint density at radius 2 is 1.74 bits per heavy atom. The van der Waals surface area contributed by atoms with Crippen molar-refractivity contribution in [3.63, 3.8) is 0 Å². The normalized spacial score (nSPS) is 11.2. The molecule has 0 unspecified atom stereocenters. The molecule has 0 aliphatic heterocycles. The molecule has 0 aliphatic carbocycles. The van der Waals surface area contributed by atoms with Crippen LogP contribution >= 0.6 is 0 Å². The number of methoxy groups -OCH3 is 1. The Hall–Kier alpha value is -1.62. The number of hydrogen-bond donors (Lipinski definition) is 0. The van der Waals surface area contributed by atoms with Gasteiger partial charge in [-0.25, -0.2) is 4.79 Å². The third kappa shape index (κ3) is 14.3. The molecule has 0 aromatic rings. The van der Waals surface area contributed by atoms with Crippen molar-refractivity contribution in [2.75, 3.05) is 34.8 Å². The molecule has 0 aromatic carbocycles. The minimum atomic E-state index is -1.07. The van der Waals surface area contributed by atoms with Gasteiger partial charge in [-0.05, 0) is 19.4 Å². The summed E-state index contributed by atoms with van der Waals surface area (Å²) in [5.74, 6) is -1.42. The average molecular weight is 271 g/mol. The van der Waals surface area contributed by atoms with Crippen molar-refractivity contribution in [3.05, 3.63) is 23.8 Å². The molecule has 5 heteroatoms. The van der Waals surface area contributed by atoms with Crippen molar-refractivity contribution in [1.82, 2.24) is 0 Å². The number of aliphatic carboxylic acids is 1. The van der Waals surface area contributed by atoms with E-state index in [9.17, 15) is 14.7 Å². The first-order valence-corrected chi connectivity index (χ1v) is 5.93. The number of rotatable bonds is 5. The fourth-order valence-electron chi connectivity index (χ4n) is 0.926. The van der Waals surface area contributed by atoms with Gasteiger partial charge < -0.3 is 19.1 Å². The van der Waals surface area contributed by atoms with Gasteiger partial charge in [0.25, 0.3) is 0 Å². The predicted octanol–water partition coefficient (Wildman–Crippen LogP) is 0.514. The van der Waals surface area contributed by atoms with E-state index >= 15 is 0 Å². The molecule has 0 heterocycles. The summed E-state index contributed by atoms with van der Waals surface area (Å²) in [5, 5.41) is 10.3. The summed E-state index contributed by atoms with van der Waals surface area (Å²) in [6.07, 6.45) is 2.49. The number of nitrogens with zero attached hydrogens (tertiary/aromatic N) is 1. The minimum Gasteiger partial charge on any atom is -0.545 e. The molecule has 0 amide bonds. The molecule has 0 aliphatic rings. The van der Waals surface area contributed by atoms with Crippen LogP contribution in [0.4, 0.5) is 0 Å². The van der Waals surface area contributed by atoms with Crippen molar-refractivity contribution in [2.45, 2.75) is 20.3 Å². The van der Waals surface area contributed by atoms with Crippen LogP contribution in [0, 0.1) is 0 Å². The first-order chi connectivity index (χ1) is 8.51. The van der Waals surface area contributed by atoms with Crippen molar-refractivity contribution in [1.29, 1.82) is 0 Å². The van der Waals surface area contributed by atoms with Gasteiger partial charge in [0.05, 0.1) is 40.8 Å². The maximum Gasteiger partial charge on any atom is 0.332 e. The lowest BCUT2D eigenvalue weighted by atomic mass is 10.2. The molecule has 0 N–H and O–H groups in total. The standard InChI is InChI=1S/C9H17NO2.C5H8O2/c1-8(9(11)12)6-5-7-10(2,3)4;1-4(2)5(6)7-3/h6H,5,7H2,1-4H3;1H2,2-3H3. The predicted molar refractivity (Wildman–Crippen MR) is 73.1 cm³/mol. The Bertz CT molecular complexity index is 351. The van der Waals surface area contributed by atoms with E-state index in [1.807, 2.05) is 0 Å². The zero-order chi connectivity index (χ0) is 15.6. The molecule has 0 fully saturated rings. The van der Waals surface area contributed by atoms with Crippen molar-refractivity contribution in [2.24, 2.45) is 0 Å². The van der Waals surface area contributed by atoms with Crippen LogP contribution in [-0.4, -0.2) is 51.2 Å². The minimum absolute atomic E-state index is 0.323. The fourth-order valence-corrected chi connectivity index (χ4v) is 0.926. The van der Waals surface area contributed by atoms with E-state index in [4.69, 9.17) is 0 Å². The first-order valence-electron chi connectivity index (χ1n) is 5.93. The number of carbonyl (C=O) groups excluding carboxylic acids is 2. The van der Waals surface area contributed by atoms with Gasteiger partial charge in [0.15, 0.2) is 0 Å². The van der Waals surface area contributed by atoms with Gasteiger partial charge in [-0.15, -0.1) is 0 Å². The molecule has 0 rings (SSSR count). The lowest BCUT2D eigenvalue weighted by molar-refractivity contribution is -0.869. The molecular weight excluding hydrogens is 246 g/mol. The second kappa shape index (κ2) is 9.33. The molecule has 0 saturated heterocycles. The first kappa shape index (κ1) is 19.7. The Labute approximate surface area is 115 Å². The molecule has 0 aromatic heterocycles. The van der Waals surface area contributed by atoms with Crippen molar-refractivity contribution < 1.29 is 23.9 Å². The highest BCUT2D eigenvalue weighted by Crippen LogP contribution is 1.98. The van der Waals surface area contributed by atoms with Gasteiger partial charge in [0, 0.05) is 12.0 Å². The summed E-state index contributed by atoms with van der Waals surface area (Å²) in [7, 11) is 7.55. The van der Waals surface area contributed by atoms with E-state index in [1.165, 1.54) is 7.11 Å². The Morgan fingerprint density at radius 1 is 1.26 bits per heavy atom. The molecule has 0 radical (unpaired) electrons. The van der Waals surface area contributed by atoms with Crippen LogP contribution in [0.5, 0.6) is 0 Å². The highest BCUT2D eigenvalue weighted by atomic mass is 16.5. The molecule has 110 valence electrons. The zero-order valence-electron chi connectivity index (χ0n) is 12.8. The number of carboxylic acid groups (broad SMARTS) is 1. The van der Waals surface area contributed by atoms with Gasteiger partial charge in [-0.2, -0.15) is 0 Å². The van der Waals surface area contributed by atoms with Gasteiger partial charge in [0.2, 0.25) is 0 Å². The smallest absolute Gasteiger partial charge is 0.332 e. The molecular formula is C14H25NO4. The van der Waals surface area contributed by atoms with Gasteiger partial charge in [-0.3, -0.25) is 0 Å². The Balaban J connectivity index is 0. The quantitative estimate of drug-likeness (QED) is 0.415. The molecule has 0 saturated carbocycles. The molecule has 0 spiro atoms. The highest BCUT2D eigenvalue weighted by Gasteiger charge is 2.03. The maximum absolute atomic E-state index is 10.3. The third-order valence-corrected chi connectivity index (χ3v) is 2.11. The summed E-state index contributed by atoms with van der Waals surface area (Å²) in [5.41, 5.74) is 0.756. The number of esters is 1. The van der Waals surface area contributed by atoms with Crippen molar-refractivity contribution in [3.8, 4) is 0 Å². The van der Waals surface area contributed by atoms with Gasteiger partial charge in [0.1, 0.15) is 0 Å². The molecule has 5 nitrogen and oxygen atoms in total. The van der Waals surface area contributed by atoms with Gasteiger partial charge in [-0.1, -0.05) is 12.7 Å². The number of hydrogen-bond acceptors (Lipinski definition) is 4. The lowest BCUT2D eigenvalue weighted by Crippen LogP contribution is -2.35. The van der Waals surface area contributed by atoms with Crippen LogP contribution in [0.1, 0.15) is 20.3 Å². The summed E-state index contributed by atoms with van der Waals surface area (Å²) in [6.45, 7) is 7.45. The summed E-state index contributed by atoms with van der Waals surface area (Å²) >= 11 is 0. The van der Waals surface area contributed by atoms with Crippen LogP contribution in [0.3, 0.4) is 0 Å². The van der Waals surface area contributed by atoms with E-state index in [0.29, 0.717) is 11.1 Å². The van der Waals surface area contributed by atoms with Crippen LogP contribution < -0.4 is 5.11 Å². The van der Waals surface area contributed by atoms with E-state index in [2.05, 4.69) is 32.5 Å². The van der Waals surface area contributed by atoms with Crippen LogP contribution in [-0.2, 0) is 14.3 Å². The van der Waals surface area contributed by atoms with E-state index < -0.39 is 5.97 Å². The Kier molecular flexibility index (Phi) is 9.68. The molecule has 0 bridgehead atoms. The fraction of sp³-hybridized carbons (Fsp3) is 0.571. The SMILES string of the molecule is C=C(C)C(=O)OC.CC(=CCC[N+](C)(C)C)C(=O)[O-]. The second-order valence-corrected chi connectivity index (χ2v) is 5.25. The Morgan fingerprint density at radius 3 is 1.95 bits per heavy atom. The second-order valence-electron chi connectivity index (χ2n) is 5.25. The number of carboxylic acids is 1. The summed E-state index contributed by atoms with van der Waals surface area (Å²) in [4.78, 5) is 20.5. The highest BCUT2D eigenvalue weighted by molar-refractivity contribution is 5.86. The molecule has 19 heavy (non-hydrogen) atoms. The number of carbonyl (C=O) groups is 2. The van der Waals surface area contributed by atoms with E-state index in [-0.39, 0.29) is 5.97 Å². The lowest BCUT2D eigenvalue weighted by Gasteiger charge is -2.23. The summed E-state index contributed by atoms with van der Waals surface area (Å²) < 4.78 is 5.12. The summed E-state index contributed by atoms with van der Waals surface area (Å²) in [6, 6.07) is 0. The largest absolute Gasteiger partial charge is 0.545 e. The monoisotopic (exact) mass is 271 g/mol. The third-order valence-electron chi connectivity index (χ3n) is 2.11. The van der Waals surface area contributed by atoms with Crippen molar-refractivity contribution >= 4 is 11.9 Å². The van der Waals surface area contributed by atoms with Gasteiger partial charge >= 0.3 is 5.97 Å². The van der Waals surface area contributed by atoms with Crippen LogP contribution in [0.15, 0.2) is 23.8 Å². The number of quaternary nitrogens is 1. The van der Waals surface area contributed by atoms with E-state index in [0.717, 1.165) is 17.4 Å². The average Bonchev–Trinajstić information content (AvgIpc) is 2.26. The number of ether oxygens (including phenoxy) is 1. The maximum atomic E-state index is 10.3.